The molecule has 1 atom stereocenters. The van der Waals surface area contributed by atoms with Gasteiger partial charge in [0.1, 0.15) is 6.29 Å². The van der Waals surface area contributed by atoms with Gasteiger partial charge in [-0.3, -0.25) is 4.79 Å². The summed E-state index contributed by atoms with van der Waals surface area (Å²) in [6, 6.07) is 0. The first kappa shape index (κ1) is 11.1. The summed E-state index contributed by atoms with van der Waals surface area (Å²) >= 11 is 0. The average Bonchev–Trinajstić information content (AvgIpc) is 1.97. The molecule has 2 heteroatoms. The summed E-state index contributed by atoms with van der Waals surface area (Å²) in [6.45, 7) is 8.67. The Bertz CT molecular complexity index is 196. The van der Waals surface area contributed by atoms with Crippen LogP contribution in [-0.2, 0) is 4.79 Å². The lowest BCUT2D eigenvalue weighted by Gasteiger charge is -2.23. The summed E-state index contributed by atoms with van der Waals surface area (Å²) in [5.41, 5.74) is -0.242. The van der Waals surface area contributed by atoms with Crippen LogP contribution in [0.5, 0.6) is 0 Å². The molecule has 0 fully saturated rings. The molecular weight excluding hydrogens is 152 g/mol. The highest BCUT2D eigenvalue weighted by Crippen LogP contribution is 2.19. The topological polar surface area (TPSA) is 37.3 Å². The van der Waals surface area contributed by atoms with Gasteiger partial charge >= 0.3 is 0 Å². The Balaban J connectivity index is 4.59. The van der Waals surface area contributed by atoms with Gasteiger partial charge in [-0.2, -0.15) is 0 Å². The predicted octanol–water partition coefficient (Wildman–Crippen LogP) is 1.70. The summed E-state index contributed by atoms with van der Waals surface area (Å²) in [4.78, 5) is 10.3. The Kier molecular flexibility index (Phi) is 3.90. The van der Waals surface area contributed by atoms with Gasteiger partial charge in [-0.15, -0.1) is 6.58 Å². The van der Waals surface area contributed by atoms with E-state index in [2.05, 4.69) is 6.58 Å². The molecule has 0 amide bonds. The molecule has 0 unspecified atom stereocenters. The smallest absolute Gasteiger partial charge is 0.145 e. The molecule has 0 radical (unpaired) electrons. The van der Waals surface area contributed by atoms with Crippen molar-refractivity contribution in [2.24, 2.45) is 5.92 Å². The third-order valence-electron chi connectivity index (χ3n) is 1.70. The maximum atomic E-state index is 10.3. The largest absolute Gasteiger partial charge is 0.390 e. The van der Waals surface area contributed by atoms with E-state index in [4.69, 9.17) is 0 Å². The van der Waals surface area contributed by atoms with Crippen molar-refractivity contribution in [1.29, 1.82) is 0 Å². The number of carbonyl (C=O) groups excluding carboxylic acids is 1. The second-order valence-corrected chi connectivity index (χ2v) is 3.44. The minimum atomic E-state index is -0.855. The zero-order valence-corrected chi connectivity index (χ0v) is 7.87. The van der Waals surface area contributed by atoms with Crippen LogP contribution in [0.4, 0.5) is 0 Å². The van der Waals surface area contributed by atoms with E-state index in [-0.39, 0.29) is 5.92 Å². The second kappa shape index (κ2) is 4.21. The molecule has 12 heavy (non-hydrogen) atoms. The molecule has 2 nitrogen and oxygen atoms in total. The first-order valence-electron chi connectivity index (χ1n) is 3.90. The third-order valence-corrected chi connectivity index (χ3v) is 1.70. The van der Waals surface area contributed by atoms with Crippen LogP contribution in [0, 0.1) is 5.92 Å². The molecule has 0 aromatic rings. The lowest BCUT2D eigenvalue weighted by molar-refractivity contribution is -0.104. The van der Waals surface area contributed by atoms with Gasteiger partial charge in [0.15, 0.2) is 0 Å². The van der Waals surface area contributed by atoms with Crippen LogP contribution in [0.25, 0.3) is 0 Å². The molecule has 0 aliphatic carbocycles. The quantitative estimate of drug-likeness (QED) is 0.394. The molecule has 0 aromatic carbocycles. The number of hydrogen-bond donors (Lipinski definition) is 1. The van der Waals surface area contributed by atoms with Crippen molar-refractivity contribution in [2.45, 2.75) is 26.4 Å². The number of rotatable bonds is 4. The Morgan fingerprint density at radius 2 is 2.08 bits per heavy atom. The van der Waals surface area contributed by atoms with Crippen LogP contribution in [0.2, 0.25) is 0 Å². The predicted molar refractivity (Wildman–Crippen MR) is 49.8 cm³/mol. The molecule has 0 rings (SSSR count). The van der Waals surface area contributed by atoms with Gasteiger partial charge in [-0.1, -0.05) is 12.2 Å². The van der Waals surface area contributed by atoms with Crippen molar-refractivity contribution in [3.05, 3.63) is 24.3 Å². The van der Waals surface area contributed by atoms with E-state index < -0.39 is 5.60 Å². The van der Waals surface area contributed by atoms with Gasteiger partial charge in [0.05, 0.1) is 5.60 Å². The Hall–Kier alpha value is -0.890. The van der Waals surface area contributed by atoms with Crippen molar-refractivity contribution < 1.29 is 9.90 Å². The highest BCUT2D eigenvalue weighted by molar-refractivity contribution is 5.72. The van der Waals surface area contributed by atoms with E-state index in [9.17, 15) is 9.90 Å². The highest BCUT2D eigenvalue weighted by atomic mass is 16.3. The zero-order valence-electron chi connectivity index (χ0n) is 7.87. The third kappa shape index (κ3) is 3.49. The van der Waals surface area contributed by atoms with Crippen molar-refractivity contribution in [3.8, 4) is 0 Å². The molecule has 0 saturated heterocycles. The van der Waals surface area contributed by atoms with E-state index in [1.807, 2.05) is 0 Å². The molecular formula is C10H16O2. The number of carbonyl (C=O) groups is 1. The molecule has 0 aliphatic rings. The van der Waals surface area contributed by atoms with Crippen molar-refractivity contribution in [3.63, 3.8) is 0 Å². The average molecular weight is 168 g/mol. The Morgan fingerprint density at radius 1 is 1.58 bits per heavy atom. The van der Waals surface area contributed by atoms with Gasteiger partial charge < -0.3 is 5.11 Å². The van der Waals surface area contributed by atoms with Gasteiger partial charge in [-0.25, -0.2) is 0 Å². The van der Waals surface area contributed by atoms with E-state index in [1.165, 1.54) is 0 Å². The number of allylic oxidation sites excluding steroid dienone is 1. The van der Waals surface area contributed by atoms with Crippen molar-refractivity contribution >= 4 is 6.29 Å². The van der Waals surface area contributed by atoms with Crippen LogP contribution in [0.3, 0.4) is 0 Å². The first-order valence-corrected chi connectivity index (χ1v) is 3.90. The number of hydrogen-bond acceptors (Lipinski definition) is 2. The van der Waals surface area contributed by atoms with Gasteiger partial charge in [-0.05, 0) is 26.3 Å². The summed E-state index contributed by atoms with van der Waals surface area (Å²) in [6.07, 6.45) is 4.11. The molecule has 0 aliphatic heterocycles. The maximum absolute atomic E-state index is 10.3. The first-order chi connectivity index (χ1) is 5.41. The zero-order chi connectivity index (χ0) is 9.78. The monoisotopic (exact) mass is 168 g/mol. The second-order valence-electron chi connectivity index (χ2n) is 3.44. The molecule has 1 N–H and O–H groups in total. The van der Waals surface area contributed by atoms with E-state index in [0.717, 1.165) is 6.29 Å². The van der Waals surface area contributed by atoms with Crippen LogP contribution in [0.1, 0.15) is 20.8 Å². The van der Waals surface area contributed by atoms with Crippen molar-refractivity contribution in [1.82, 2.24) is 0 Å². The molecule has 0 aromatic heterocycles. The van der Waals surface area contributed by atoms with E-state index in [1.54, 1.807) is 32.9 Å². The molecule has 0 bridgehead atoms. The Labute approximate surface area is 73.6 Å². The minimum Gasteiger partial charge on any atom is -0.390 e. The summed E-state index contributed by atoms with van der Waals surface area (Å²) < 4.78 is 0. The fourth-order valence-corrected chi connectivity index (χ4v) is 0.883. The highest BCUT2D eigenvalue weighted by Gasteiger charge is 2.21. The summed E-state index contributed by atoms with van der Waals surface area (Å²) in [5, 5.41) is 9.59. The SMILES string of the molecule is C=C[C@@H](/C=C(\C)C=O)C(C)(C)O. The Morgan fingerprint density at radius 3 is 2.33 bits per heavy atom. The lowest BCUT2D eigenvalue weighted by atomic mass is 9.90. The number of aliphatic hydroxyl groups is 1. The molecule has 0 spiro atoms. The summed E-state index contributed by atoms with van der Waals surface area (Å²) in [5.74, 6) is -0.178. The maximum Gasteiger partial charge on any atom is 0.145 e. The van der Waals surface area contributed by atoms with Crippen LogP contribution < -0.4 is 0 Å². The molecule has 0 heterocycles. The summed E-state index contributed by atoms with van der Waals surface area (Å²) in [7, 11) is 0. The molecule has 68 valence electrons. The van der Waals surface area contributed by atoms with Crippen LogP contribution in [-0.4, -0.2) is 17.0 Å². The lowest BCUT2D eigenvalue weighted by Crippen LogP contribution is -2.28. The van der Waals surface area contributed by atoms with Gasteiger partial charge in [0.2, 0.25) is 0 Å². The number of aldehydes is 1. The normalized spacial score (nSPS) is 15.5. The van der Waals surface area contributed by atoms with Gasteiger partial charge in [0.25, 0.3) is 0 Å². The fraction of sp³-hybridized carbons (Fsp3) is 0.500. The van der Waals surface area contributed by atoms with Gasteiger partial charge in [0, 0.05) is 5.92 Å². The standard InChI is InChI=1S/C10H16O2/c1-5-9(10(3,4)12)6-8(2)7-11/h5-7,9,12H,1H2,2-4H3/b8-6+/t9-/m0/s1. The van der Waals surface area contributed by atoms with Crippen LogP contribution >= 0.6 is 0 Å². The fourth-order valence-electron chi connectivity index (χ4n) is 0.883. The van der Waals surface area contributed by atoms with Crippen molar-refractivity contribution in [2.75, 3.05) is 0 Å². The van der Waals surface area contributed by atoms with E-state index in [0.29, 0.717) is 5.57 Å². The minimum absolute atomic E-state index is 0.178. The van der Waals surface area contributed by atoms with Crippen LogP contribution in [0.15, 0.2) is 24.3 Å². The van der Waals surface area contributed by atoms with E-state index >= 15 is 0 Å². The molecule has 0 saturated carbocycles.